The number of aromatic nitrogens is 1. The van der Waals surface area contributed by atoms with Gasteiger partial charge in [0.25, 0.3) is 5.91 Å². The maximum atomic E-state index is 12.1. The first kappa shape index (κ1) is 14.0. The van der Waals surface area contributed by atoms with E-state index in [0.29, 0.717) is 31.2 Å². The molecule has 0 saturated carbocycles. The fourth-order valence-corrected chi connectivity index (χ4v) is 2.72. The number of pyridine rings is 1. The molecule has 1 fully saturated rings. The molecular formula is C15H16N2O3S. The molecule has 0 bridgehead atoms. The van der Waals surface area contributed by atoms with Crippen LogP contribution in [0.2, 0.25) is 0 Å². The summed E-state index contributed by atoms with van der Waals surface area (Å²) in [7, 11) is 0. The lowest BCUT2D eigenvalue weighted by atomic mass is 10.2. The van der Waals surface area contributed by atoms with Gasteiger partial charge >= 0.3 is 0 Å². The molecule has 1 saturated heterocycles. The highest BCUT2D eigenvalue weighted by molar-refractivity contribution is 7.09. The Morgan fingerprint density at radius 3 is 3.24 bits per heavy atom. The lowest BCUT2D eigenvalue weighted by Gasteiger charge is -2.11. The summed E-state index contributed by atoms with van der Waals surface area (Å²) in [4.78, 5) is 17.4. The number of carbonyl (C=O) groups is 1. The summed E-state index contributed by atoms with van der Waals surface area (Å²) in [5.41, 5.74) is 0.551. The van der Waals surface area contributed by atoms with E-state index in [1.54, 1.807) is 29.7 Å². The van der Waals surface area contributed by atoms with E-state index in [4.69, 9.17) is 9.47 Å². The second-order valence-electron chi connectivity index (χ2n) is 4.75. The van der Waals surface area contributed by atoms with E-state index in [2.05, 4.69) is 10.3 Å². The minimum absolute atomic E-state index is 0.0296. The van der Waals surface area contributed by atoms with Crippen LogP contribution in [-0.4, -0.2) is 30.2 Å². The van der Waals surface area contributed by atoms with Gasteiger partial charge in [0.15, 0.2) is 0 Å². The molecule has 0 aromatic carbocycles. The number of nitrogens with one attached hydrogen (secondary N) is 1. The molecule has 2 aromatic heterocycles. The van der Waals surface area contributed by atoms with Crippen molar-refractivity contribution in [1.29, 1.82) is 0 Å². The number of thiophene rings is 1. The van der Waals surface area contributed by atoms with Crippen molar-refractivity contribution in [3.8, 4) is 5.88 Å². The summed E-state index contributed by atoms with van der Waals surface area (Å²) in [5.74, 6) is 0.340. The Morgan fingerprint density at radius 2 is 2.48 bits per heavy atom. The highest BCUT2D eigenvalue weighted by Gasteiger charge is 2.18. The summed E-state index contributed by atoms with van der Waals surface area (Å²) in [6.45, 7) is 1.83. The number of ether oxygens (including phenoxy) is 2. The Morgan fingerprint density at radius 1 is 1.52 bits per heavy atom. The molecule has 110 valence electrons. The summed E-state index contributed by atoms with van der Waals surface area (Å²) in [5, 5.41) is 4.88. The van der Waals surface area contributed by atoms with Crippen LogP contribution in [0.5, 0.6) is 5.88 Å². The van der Waals surface area contributed by atoms with Gasteiger partial charge in [0, 0.05) is 29.1 Å². The molecule has 21 heavy (non-hydrogen) atoms. The minimum Gasteiger partial charge on any atom is -0.472 e. The first-order valence-electron chi connectivity index (χ1n) is 6.82. The number of amides is 1. The van der Waals surface area contributed by atoms with Crippen molar-refractivity contribution in [1.82, 2.24) is 10.3 Å². The molecule has 2 aromatic rings. The SMILES string of the molecule is O=C(NCc1cccs1)c1ccnc(O[C@H]2CCOC2)c1. The van der Waals surface area contributed by atoms with Crippen LogP contribution in [0.15, 0.2) is 35.8 Å². The van der Waals surface area contributed by atoms with E-state index in [0.717, 1.165) is 11.3 Å². The Labute approximate surface area is 126 Å². The lowest BCUT2D eigenvalue weighted by molar-refractivity contribution is 0.0949. The van der Waals surface area contributed by atoms with E-state index in [1.165, 1.54) is 0 Å². The van der Waals surface area contributed by atoms with Crippen molar-refractivity contribution in [2.75, 3.05) is 13.2 Å². The molecule has 1 amide bonds. The van der Waals surface area contributed by atoms with E-state index in [-0.39, 0.29) is 12.0 Å². The summed E-state index contributed by atoms with van der Waals surface area (Å²) < 4.78 is 11.0. The van der Waals surface area contributed by atoms with Crippen LogP contribution < -0.4 is 10.1 Å². The molecule has 3 heterocycles. The Hall–Kier alpha value is -1.92. The standard InChI is InChI=1S/C15H16N2O3S/c18-15(17-9-13-2-1-7-21-13)11-3-5-16-14(8-11)20-12-4-6-19-10-12/h1-3,5,7-8,12H,4,6,9-10H2,(H,17,18)/t12-/m0/s1. The van der Waals surface area contributed by atoms with Gasteiger partial charge in [0.1, 0.15) is 6.10 Å². The third-order valence-corrected chi connectivity index (χ3v) is 4.05. The van der Waals surface area contributed by atoms with E-state index in [9.17, 15) is 4.79 Å². The van der Waals surface area contributed by atoms with E-state index < -0.39 is 0 Å². The van der Waals surface area contributed by atoms with Crippen molar-refractivity contribution < 1.29 is 14.3 Å². The molecule has 5 nitrogen and oxygen atoms in total. The van der Waals surface area contributed by atoms with Gasteiger partial charge in [-0.2, -0.15) is 0 Å². The number of hydrogen-bond acceptors (Lipinski definition) is 5. The normalized spacial score (nSPS) is 17.6. The second-order valence-corrected chi connectivity index (χ2v) is 5.78. The predicted octanol–water partition coefficient (Wildman–Crippen LogP) is 2.24. The first-order chi connectivity index (χ1) is 10.3. The molecule has 6 heteroatoms. The maximum Gasteiger partial charge on any atom is 0.251 e. The van der Waals surface area contributed by atoms with Crippen LogP contribution in [0.4, 0.5) is 0 Å². The molecule has 1 atom stereocenters. The zero-order valence-corrected chi connectivity index (χ0v) is 12.3. The molecule has 1 aliphatic heterocycles. The molecule has 0 aliphatic carbocycles. The smallest absolute Gasteiger partial charge is 0.251 e. The van der Waals surface area contributed by atoms with Gasteiger partial charge in [-0.05, 0) is 17.5 Å². The van der Waals surface area contributed by atoms with Crippen molar-refractivity contribution in [3.05, 3.63) is 46.3 Å². The maximum absolute atomic E-state index is 12.1. The topological polar surface area (TPSA) is 60.5 Å². The quantitative estimate of drug-likeness (QED) is 0.920. The molecule has 0 unspecified atom stereocenters. The van der Waals surface area contributed by atoms with Crippen LogP contribution in [0.25, 0.3) is 0 Å². The summed E-state index contributed by atoms with van der Waals surface area (Å²) in [6.07, 6.45) is 2.48. The van der Waals surface area contributed by atoms with Crippen molar-refractivity contribution >= 4 is 17.2 Å². The van der Waals surface area contributed by atoms with Crippen molar-refractivity contribution in [2.24, 2.45) is 0 Å². The molecule has 0 spiro atoms. The Bertz CT molecular complexity index is 595. The highest BCUT2D eigenvalue weighted by atomic mass is 32.1. The van der Waals surface area contributed by atoms with Gasteiger partial charge in [-0.15, -0.1) is 11.3 Å². The predicted molar refractivity (Wildman–Crippen MR) is 79.6 cm³/mol. The van der Waals surface area contributed by atoms with E-state index >= 15 is 0 Å². The monoisotopic (exact) mass is 304 g/mol. The summed E-state index contributed by atoms with van der Waals surface area (Å²) in [6, 6.07) is 7.31. The van der Waals surface area contributed by atoms with Crippen molar-refractivity contribution in [3.63, 3.8) is 0 Å². The van der Waals surface area contributed by atoms with Crippen LogP contribution >= 0.6 is 11.3 Å². The van der Waals surface area contributed by atoms with Gasteiger partial charge in [-0.25, -0.2) is 4.98 Å². The Kier molecular flexibility index (Phi) is 4.47. The third kappa shape index (κ3) is 3.80. The summed E-state index contributed by atoms with van der Waals surface area (Å²) >= 11 is 1.62. The zero-order valence-electron chi connectivity index (χ0n) is 11.5. The zero-order chi connectivity index (χ0) is 14.5. The van der Waals surface area contributed by atoms with Crippen LogP contribution in [0.1, 0.15) is 21.7 Å². The largest absolute Gasteiger partial charge is 0.472 e. The van der Waals surface area contributed by atoms with Crippen LogP contribution in [0.3, 0.4) is 0 Å². The molecule has 1 N–H and O–H groups in total. The van der Waals surface area contributed by atoms with Gasteiger partial charge < -0.3 is 14.8 Å². The molecular weight excluding hydrogens is 288 g/mol. The Balaban J connectivity index is 1.60. The van der Waals surface area contributed by atoms with Crippen molar-refractivity contribution in [2.45, 2.75) is 19.1 Å². The van der Waals surface area contributed by atoms with Crippen LogP contribution in [0, 0.1) is 0 Å². The minimum atomic E-state index is -0.127. The number of nitrogens with zero attached hydrogens (tertiary/aromatic N) is 1. The van der Waals surface area contributed by atoms with Gasteiger partial charge in [0.2, 0.25) is 5.88 Å². The molecule has 0 radical (unpaired) electrons. The van der Waals surface area contributed by atoms with Gasteiger partial charge in [0.05, 0.1) is 19.8 Å². The fourth-order valence-electron chi connectivity index (χ4n) is 2.07. The van der Waals surface area contributed by atoms with E-state index in [1.807, 2.05) is 17.5 Å². The third-order valence-electron chi connectivity index (χ3n) is 3.18. The fraction of sp³-hybridized carbons (Fsp3) is 0.333. The molecule has 1 aliphatic rings. The number of carbonyl (C=O) groups excluding carboxylic acids is 1. The van der Waals surface area contributed by atoms with Gasteiger partial charge in [-0.1, -0.05) is 6.07 Å². The number of hydrogen-bond donors (Lipinski definition) is 1. The second kappa shape index (κ2) is 6.69. The lowest BCUT2D eigenvalue weighted by Crippen LogP contribution is -2.23. The number of rotatable bonds is 5. The average Bonchev–Trinajstić information content (AvgIpc) is 3.18. The first-order valence-corrected chi connectivity index (χ1v) is 7.70. The van der Waals surface area contributed by atoms with Gasteiger partial charge in [-0.3, -0.25) is 4.79 Å². The average molecular weight is 304 g/mol. The molecule has 3 rings (SSSR count). The van der Waals surface area contributed by atoms with Crippen LogP contribution in [-0.2, 0) is 11.3 Å². The highest BCUT2D eigenvalue weighted by Crippen LogP contribution is 2.16.